The van der Waals surface area contributed by atoms with Crippen molar-refractivity contribution in [1.29, 1.82) is 0 Å². The molecule has 7 nitrogen and oxygen atoms in total. The second kappa shape index (κ2) is 14.6. The van der Waals surface area contributed by atoms with Gasteiger partial charge in [-0.25, -0.2) is 9.80 Å². The van der Waals surface area contributed by atoms with Gasteiger partial charge in [0.15, 0.2) is 0 Å². The highest BCUT2D eigenvalue weighted by Gasteiger charge is 2.36. The minimum Gasteiger partial charge on any atom is -0.489 e. The van der Waals surface area contributed by atoms with Gasteiger partial charge in [0.25, 0.3) is 0 Å². The molecule has 238 valence electrons. The quantitative estimate of drug-likeness (QED) is 0.233. The number of fused-ring (bicyclic) bond motifs is 1. The zero-order chi connectivity index (χ0) is 31.2. The van der Waals surface area contributed by atoms with Gasteiger partial charge in [-0.2, -0.15) is 5.10 Å². The highest BCUT2D eigenvalue weighted by atomic mass is 16.5. The topological polar surface area (TPSA) is 57.6 Å². The summed E-state index contributed by atoms with van der Waals surface area (Å²) in [6, 6.07) is 22.9. The van der Waals surface area contributed by atoms with Crippen LogP contribution in [-0.4, -0.2) is 60.5 Å². The lowest BCUT2D eigenvalue weighted by Gasteiger charge is -2.29. The molecule has 45 heavy (non-hydrogen) atoms. The lowest BCUT2D eigenvalue weighted by Crippen LogP contribution is -2.41. The van der Waals surface area contributed by atoms with Crippen molar-refractivity contribution in [1.82, 2.24) is 9.91 Å². The first-order chi connectivity index (χ1) is 22.0. The summed E-state index contributed by atoms with van der Waals surface area (Å²) in [5, 5.41) is 6.87. The maximum absolute atomic E-state index is 14.4. The fourth-order valence-corrected chi connectivity index (χ4v) is 6.78. The van der Waals surface area contributed by atoms with Gasteiger partial charge in [-0.3, -0.25) is 9.80 Å². The zero-order valence-corrected chi connectivity index (χ0v) is 27.2. The predicted molar refractivity (Wildman–Crippen MR) is 182 cm³/mol. The molecule has 6 rings (SSSR count). The molecule has 0 unspecified atom stereocenters. The monoisotopic (exact) mass is 608 g/mol. The van der Waals surface area contributed by atoms with Gasteiger partial charge in [-0.1, -0.05) is 61.7 Å². The standard InChI is InChI=1S/C38H48N4O3/c1-28(2)42-38(43)41(33-18-16-30(17-19-33)13-10-20-40-21-23-44-24-22-40)35-25-29(3)36(45-27-31-11-6-4-7-12-31)26-34(35)37(39-42)32-14-8-5-9-15-32/h4,6-7,11-12,16-19,25-26,28,32H,5,8-10,13-15,20-24,27H2,1-3H3. The molecule has 1 saturated carbocycles. The molecule has 2 aliphatic heterocycles. The van der Waals surface area contributed by atoms with Crippen molar-refractivity contribution in [3.8, 4) is 5.75 Å². The van der Waals surface area contributed by atoms with Crippen molar-refractivity contribution in [3.63, 3.8) is 0 Å². The molecule has 0 N–H and O–H groups in total. The average molecular weight is 609 g/mol. The number of morpholine rings is 1. The maximum Gasteiger partial charge on any atom is 0.349 e. The zero-order valence-electron chi connectivity index (χ0n) is 27.2. The van der Waals surface area contributed by atoms with Gasteiger partial charge in [-0.05, 0) is 94.0 Å². The van der Waals surface area contributed by atoms with Crippen LogP contribution in [0.5, 0.6) is 5.75 Å². The Morgan fingerprint density at radius 3 is 2.38 bits per heavy atom. The minimum absolute atomic E-state index is 0.0812. The number of ether oxygens (including phenoxy) is 2. The van der Waals surface area contributed by atoms with Crippen molar-refractivity contribution < 1.29 is 14.3 Å². The van der Waals surface area contributed by atoms with Crippen LogP contribution >= 0.6 is 0 Å². The number of hydrogen-bond acceptors (Lipinski definition) is 5. The lowest BCUT2D eigenvalue weighted by atomic mass is 9.82. The van der Waals surface area contributed by atoms with E-state index < -0.39 is 0 Å². The van der Waals surface area contributed by atoms with Gasteiger partial charge in [0.05, 0.1) is 36.3 Å². The Morgan fingerprint density at radius 1 is 0.933 bits per heavy atom. The molecule has 0 bridgehead atoms. The molecule has 2 fully saturated rings. The number of aryl methyl sites for hydroxylation is 2. The molecule has 2 amide bonds. The number of nitrogens with zero attached hydrogens (tertiary/aromatic N) is 4. The maximum atomic E-state index is 14.4. The molecule has 3 aliphatic rings. The van der Waals surface area contributed by atoms with Crippen LogP contribution < -0.4 is 9.64 Å². The van der Waals surface area contributed by atoms with Crippen LogP contribution in [0.3, 0.4) is 0 Å². The van der Waals surface area contributed by atoms with E-state index in [1.54, 1.807) is 5.01 Å². The minimum atomic E-state index is -0.116. The van der Waals surface area contributed by atoms with Crippen LogP contribution in [0.2, 0.25) is 0 Å². The number of urea groups is 1. The summed E-state index contributed by atoms with van der Waals surface area (Å²) in [6.07, 6.45) is 7.93. The highest BCUT2D eigenvalue weighted by Crippen LogP contribution is 2.41. The van der Waals surface area contributed by atoms with Crippen LogP contribution in [0.15, 0.2) is 71.8 Å². The molecule has 0 atom stereocenters. The fourth-order valence-electron chi connectivity index (χ4n) is 6.78. The second-order valence-electron chi connectivity index (χ2n) is 13.0. The summed E-state index contributed by atoms with van der Waals surface area (Å²) < 4.78 is 11.9. The summed E-state index contributed by atoms with van der Waals surface area (Å²) in [6.45, 7) is 11.4. The first-order valence-corrected chi connectivity index (χ1v) is 16.9. The van der Waals surface area contributed by atoms with Crippen LogP contribution in [-0.2, 0) is 17.8 Å². The highest BCUT2D eigenvalue weighted by molar-refractivity contribution is 6.14. The fraction of sp³-hybridized carbons (Fsp3) is 0.474. The normalized spacial score (nSPS) is 18.1. The first kappa shape index (κ1) is 31.3. The van der Waals surface area contributed by atoms with Crippen molar-refractivity contribution in [3.05, 3.63) is 89.0 Å². The number of amides is 2. The number of hydrazone groups is 1. The van der Waals surface area contributed by atoms with E-state index in [-0.39, 0.29) is 12.1 Å². The summed E-state index contributed by atoms with van der Waals surface area (Å²) in [5.74, 6) is 1.15. The van der Waals surface area contributed by atoms with Crippen LogP contribution in [0.25, 0.3) is 0 Å². The van der Waals surface area contributed by atoms with Crippen molar-refractivity contribution in [2.75, 3.05) is 37.7 Å². The van der Waals surface area contributed by atoms with Gasteiger partial charge < -0.3 is 9.47 Å². The summed E-state index contributed by atoms with van der Waals surface area (Å²) in [4.78, 5) is 18.8. The second-order valence-corrected chi connectivity index (χ2v) is 13.0. The van der Waals surface area contributed by atoms with E-state index in [4.69, 9.17) is 14.6 Å². The number of carbonyl (C=O) groups is 1. The van der Waals surface area contributed by atoms with E-state index in [0.717, 1.165) is 98.1 Å². The molecular weight excluding hydrogens is 560 g/mol. The van der Waals surface area contributed by atoms with Crippen LogP contribution in [0, 0.1) is 12.8 Å². The Morgan fingerprint density at radius 2 is 1.67 bits per heavy atom. The Bertz CT molecular complexity index is 1460. The third-order valence-corrected chi connectivity index (χ3v) is 9.37. The van der Waals surface area contributed by atoms with E-state index in [9.17, 15) is 4.79 Å². The van der Waals surface area contributed by atoms with Gasteiger partial charge >= 0.3 is 6.03 Å². The first-order valence-electron chi connectivity index (χ1n) is 16.9. The van der Waals surface area contributed by atoms with E-state index in [2.05, 4.69) is 60.4 Å². The van der Waals surface area contributed by atoms with E-state index in [0.29, 0.717) is 12.5 Å². The average Bonchev–Trinajstić information content (AvgIpc) is 3.19. The Hall–Kier alpha value is -3.68. The molecule has 3 aromatic carbocycles. The van der Waals surface area contributed by atoms with Crippen LogP contribution in [0.4, 0.5) is 16.2 Å². The van der Waals surface area contributed by atoms with Gasteiger partial charge in [-0.15, -0.1) is 0 Å². The Kier molecular flexibility index (Phi) is 10.2. The van der Waals surface area contributed by atoms with Gasteiger partial charge in [0, 0.05) is 24.6 Å². The lowest BCUT2D eigenvalue weighted by molar-refractivity contribution is 0.0374. The van der Waals surface area contributed by atoms with Crippen molar-refractivity contribution in [2.24, 2.45) is 11.0 Å². The summed E-state index contributed by atoms with van der Waals surface area (Å²) in [7, 11) is 0. The summed E-state index contributed by atoms with van der Waals surface area (Å²) in [5.41, 5.74) is 7.18. The smallest absolute Gasteiger partial charge is 0.349 e. The van der Waals surface area contributed by atoms with Crippen molar-refractivity contribution in [2.45, 2.75) is 78.4 Å². The third-order valence-electron chi connectivity index (χ3n) is 9.37. The predicted octanol–water partition coefficient (Wildman–Crippen LogP) is 8.11. The number of hydrogen-bond donors (Lipinski definition) is 0. The SMILES string of the molecule is Cc1cc2c(cc1OCc1ccccc1)C(C1CCCCC1)=NN(C(C)C)C(=O)N2c1ccc(CCCN2CCOCC2)cc1. The molecule has 0 spiro atoms. The summed E-state index contributed by atoms with van der Waals surface area (Å²) >= 11 is 0. The van der Waals surface area contributed by atoms with Gasteiger partial charge in [0.1, 0.15) is 12.4 Å². The molecule has 7 heteroatoms. The Labute approximate surface area is 268 Å². The molecule has 1 saturated heterocycles. The Balaban J connectivity index is 1.33. The van der Waals surface area contributed by atoms with E-state index in [1.807, 2.05) is 36.9 Å². The molecule has 0 aromatic heterocycles. The molecular formula is C38H48N4O3. The van der Waals surface area contributed by atoms with E-state index >= 15 is 0 Å². The molecule has 2 heterocycles. The largest absolute Gasteiger partial charge is 0.489 e. The van der Waals surface area contributed by atoms with Crippen molar-refractivity contribution >= 4 is 23.1 Å². The number of anilines is 2. The van der Waals surface area contributed by atoms with Crippen LogP contribution in [0.1, 0.15) is 74.6 Å². The third kappa shape index (κ3) is 7.42. The molecule has 3 aromatic rings. The number of rotatable bonds is 10. The van der Waals surface area contributed by atoms with E-state index in [1.165, 1.54) is 24.8 Å². The molecule has 1 aliphatic carbocycles. The van der Waals surface area contributed by atoms with Gasteiger partial charge in [0.2, 0.25) is 0 Å². The number of benzene rings is 3. The molecule has 0 radical (unpaired) electrons. The number of carbonyl (C=O) groups excluding carboxylic acids is 1.